The van der Waals surface area contributed by atoms with Gasteiger partial charge in [-0.15, -0.1) is 6.42 Å². The van der Waals surface area contributed by atoms with Crippen molar-refractivity contribution in [2.24, 2.45) is 16.0 Å². The number of primary sulfonamides is 1. The monoisotopic (exact) mass is 367 g/mol. The van der Waals surface area contributed by atoms with Crippen molar-refractivity contribution >= 4 is 26.2 Å². The maximum atomic E-state index is 11.2. The molecule has 3 aliphatic carbocycles. The van der Waals surface area contributed by atoms with Crippen LogP contribution >= 0.6 is 11.8 Å². The van der Waals surface area contributed by atoms with E-state index in [9.17, 15) is 8.42 Å². The van der Waals surface area contributed by atoms with E-state index in [-0.39, 0.29) is 10.8 Å². The molecule has 132 valence electrons. The Kier molecular flexibility index (Phi) is 5.53. The number of hydrogen-bond acceptors (Lipinski definition) is 5. The predicted molar refractivity (Wildman–Crippen MR) is 100 cm³/mol. The summed E-state index contributed by atoms with van der Waals surface area (Å²) in [5.74, 6) is 3.02. The molecule has 0 unspecified atom stereocenters. The predicted octanol–water partition coefficient (Wildman–Crippen LogP) is 3.27. The highest BCUT2D eigenvalue weighted by Crippen LogP contribution is 2.59. The summed E-state index contributed by atoms with van der Waals surface area (Å²) < 4.78 is 21.8. The normalized spacial score (nSPS) is 30.8. The summed E-state index contributed by atoms with van der Waals surface area (Å²) in [6, 6.07) is 0. The molecule has 7 heteroatoms. The minimum absolute atomic E-state index is 0.115. The van der Waals surface area contributed by atoms with Crippen LogP contribution in [0, 0.1) is 28.6 Å². The lowest BCUT2D eigenvalue weighted by molar-refractivity contribution is 0.0555. The quantitative estimate of drug-likeness (QED) is 0.404. The molecule has 0 spiro atoms. The summed E-state index contributed by atoms with van der Waals surface area (Å²) in [4.78, 5) is 0. The number of fused-ring (bicyclic) bond motifs is 3. The number of thioether (sulfide) groups is 1. The number of sulfonamides is 1. The molecule has 0 aromatic carbocycles. The Morgan fingerprint density at radius 3 is 2.25 bits per heavy atom. The first kappa shape index (κ1) is 19.1. The first-order valence-electron chi connectivity index (χ1n) is 8.03. The van der Waals surface area contributed by atoms with Gasteiger partial charge in [-0.1, -0.05) is 17.6 Å². The molecule has 3 rings (SSSR count). The molecule has 0 heterocycles. The summed E-state index contributed by atoms with van der Waals surface area (Å²) in [7, 11) is -3.96. The van der Waals surface area contributed by atoms with E-state index in [0.717, 1.165) is 50.3 Å². The molecule has 4 N–H and O–H groups in total. The standard InChI is InChI=1S/C17H25N3O2S2/c1-4-14(23-15(18)24(19,21)22)20-12-13(3)17-9-6-16(5-2,7-10-17)8-11-17/h2,4,12,18,20H,6-11H2,1,3H3,(H2,19,21,22)/b13-12+,14-4+,18-15?. The molecule has 3 aliphatic rings. The molecule has 0 atom stereocenters. The Morgan fingerprint density at radius 1 is 1.29 bits per heavy atom. The zero-order valence-corrected chi connectivity index (χ0v) is 15.8. The molecule has 0 aromatic heterocycles. The van der Waals surface area contributed by atoms with Gasteiger partial charge in [-0.3, -0.25) is 5.41 Å². The molecule has 3 saturated carbocycles. The molecule has 0 aromatic rings. The minimum Gasteiger partial charge on any atom is -0.356 e. The van der Waals surface area contributed by atoms with E-state index in [1.54, 1.807) is 13.0 Å². The molecular weight excluding hydrogens is 342 g/mol. The topological polar surface area (TPSA) is 96.0 Å². The summed E-state index contributed by atoms with van der Waals surface area (Å²) >= 11 is 0.809. The zero-order chi connectivity index (χ0) is 18.0. The van der Waals surface area contributed by atoms with Crippen molar-refractivity contribution in [1.29, 1.82) is 5.41 Å². The average molecular weight is 368 g/mol. The van der Waals surface area contributed by atoms with Crippen molar-refractivity contribution in [3.05, 3.63) is 22.9 Å². The Bertz CT molecular complexity index is 705. The third-order valence-corrected chi connectivity index (χ3v) is 7.77. The molecule has 3 fully saturated rings. The third kappa shape index (κ3) is 3.88. The van der Waals surface area contributed by atoms with Crippen LogP contribution in [0.3, 0.4) is 0 Å². The number of nitrogens with one attached hydrogen (secondary N) is 2. The van der Waals surface area contributed by atoms with Crippen LogP contribution < -0.4 is 10.5 Å². The molecule has 24 heavy (non-hydrogen) atoms. The van der Waals surface area contributed by atoms with Gasteiger partial charge in [-0.25, -0.2) is 13.6 Å². The molecular formula is C17H25N3O2S2. The third-order valence-electron chi connectivity index (χ3n) is 5.54. The van der Waals surface area contributed by atoms with Crippen LogP contribution in [0.5, 0.6) is 0 Å². The van der Waals surface area contributed by atoms with Gasteiger partial charge in [-0.2, -0.15) is 0 Å². The Hall–Kier alpha value is -1.23. The molecule has 5 nitrogen and oxygen atoms in total. The first-order valence-corrected chi connectivity index (χ1v) is 10.4. The summed E-state index contributed by atoms with van der Waals surface area (Å²) in [6.07, 6.45) is 15.9. The number of nitrogens with two attached hydrogens (primary N) is 1. The fourth-order valence-electron chi connectivity index (χ4n) is 3.66. The highest BCUT2D eigenvalue weighted by molar-refractivity contribution is 8.36. The van der Waals surface area contributed by atoms with E-state index >= 15 is 0 Å². The van der Waals surface area contributed by atoms with E-state index in [1.807, 2.05) is 6.20 Å². The second-order valence-electron chi connectivity index (χ2n) is 6.76. The van der Waals surface area contributed by atoms with E-state index in [2.05, 4.69) is 18.2 Å². The van der Waals surface area contributed by atoms with Gasteiger partial charge in [-0.05, 0) is 69.5 Å². The lowest BCUT2D eigenvalue weighted by Gasteiger charge is -2.52. The van der Waals surface area contributed by atoms with E-state index < -0.39 is 14.4 Å². The minimum atomic E-state index is -3.96. The van der Waals surface area contributed by atoms with Crippen LogP contribution in [0.4, 0.5) is 0 Å². The Morgan fingerprint density at radius 2 is 1.83 bits per heavy atom. The SMILES string of the molecule is C#CC12CCC(/C(C)=C/N/C(=C\C)SC(=N)S(N)(=O)=O)(CC1)CC2. The van der Waals surface area contributed by atoms with Gasteiger partial charge < -0.3 is 5.32 Å². The van der Waals surface area contributed by atoms with Crippen LogP contribution in [0.25, 0.3) is 0 Å². The van der Waals surface area contributed by atoms with Crippen molar-refractivity contribution in [2.75, 3.05) is 0 Å². The van der Waals surface area contributed by atoms with E-state index in [4.69, 9.17) is 17.0 Å². The Balaban J connectivity index is 2.04. The maximum Gasteiger partial charge on any atom is 0.261 e. The average Bonchev–Trinajstić information content (AvgIpc) is 2.58. The molecule has 0 saturated heterocycles. The maximum absolute atomic E-state index is 11.2. The fourth-order valence-corrected chi connectivity index (χ4v) is 4.83. The molecule has 2 bridgehead atoms. The van der Waals surface area contributed by atoms with Gasteiger partial charge in [0.2, 0.25) is 4.38 Å². The fraction of sp³-hybridized carbons (Fsp3) is 0.588. The van der Waals surface area contributed by atoms with Crippen molar-refractivity contribution in [3.63, 3.8) is 0 Å². The number of rotatable bonds is 4. The first-order chi connectivity index (χ1) is 11.2. The van der Waals surface area contributed by atoms with Crippen molar-refractivity contribution in [2.45, 2.75) is 52.4 Å². The van der Waals surface area contributed by atoms with Gasteiger partial charge in [0.15, 0.2) is 0 Å². The summed E-state index contributed by atoms with van der Waals surface area (Å²) in [5, 5.41) is 16.2. The highest BCUT2D eigenvalue weighted by Gasteiger charge is 2.48. The molecule has 0 radical (unpaired) electrons. The van der Waals surface area contributed by atoms with Crippen molar-refractivity contribution < 1.29 is 8.42 Å². The number of hydrogen-bond donors (Lipinski definition) is 3. The molecule has 0 aliphatic heterocycles. The number of allylic oxidation sites excluding steroid dienone is 2. The van der Waals surface area contributed by atoms with E-state index in [1.165, 1.54) is 5.57 Å². The van der Waals surface area contributed by atoms with Crippen LogP contribution in [-0.4, -0.2) is 12.8 Å². The Labute approximate surface area is 149 Å². The van der Waals surface area contributed by atoms with Crippen LogP contribution in [-0.2, 0) is 10.0 Å². The van der Waals surface area contributed by atoms with Crippen LogP contribution in [0.1, 0.15) is 52.4 Å². The van der Waals surface area contributed by atoms with Crippen molar-refractivity contribution in [1.82, 2.24) is 5.32 Å². The van der Waals surface area contributed by atoms with Crippen LogP contribution in [0.15, 0.2) is 22.9 Å². The van der Waals surface area contributed by atoms with Crippen molar-refractivity contribution in [3.8, 4) is 12.3 Å². The lowest BCUT2D eigenvalue weighted by Crippen LogP contribution is -2.41. The van der Waals surface area contributed by atoms with Gasteiger partial charge in [0.25, 0.3) is 10.0 Å². The van der Waals surface area contributed by atoms with Gasteiger partial charge in [0, 0.05) is 11.6 Å². The van der Waals surface area contributed by atoms with E-state index in [0.29, 0.717) is 5.03 Å². The summed E-state index contributed by atoms with van der Waals surface area (Å²) in [5.41, 5.74) is 1.57. The second kappa shape index (κ2) is 6.95. The highest BCUT2D eigenvalue weighted by atomic mass is 32.3. The van der Waals surface area contributed by atoms with Gasteiger partial charge in [0.1, 0.15) is 0 Å². The largest absolute Gasteiger partial charge is 0.356 e. The lowest BCUT2D eigenvalue weighted by atomic mass is 9.52. The van der Waals surface area contributed by atoms with Gasteiger partial charge in [0.05, 0.1) is 5.03 Å². The summed E-state index contributed by atoms with van der Waals surface area (Å²) in [6.45, 7) is 3.90. The zero-order valence-electron chi connectivity index (χ0n) is 14.2. The number of terminal acetylenes is 1. The van der Waals surface area contributed by atoms with Gasteiger partial charge >= 0.3 is 0 Å². The van der Waals surface area contributed by atoms with Crippen LogP contribution in [0.2, 0.25) is 0 Å². The molecule has 0 amide bonds. The second-order valence-corrected chi connectivity index (χ2v) is 9.57. The smallest absolute Gasteiger partial charge is 0.261 e.